The SMILES string of the molecule is CC1=C(c2ncc(Br)cc2F)N(COCCS(C)(C)C)C=C(C(F)(F)F)C1. The lowest BCUT2D eigenvalue weighted by Gasteiger charge is -2.32. The number of hydrogen-bond acceptors (Lipinski definition) is 3. The predicted molar refractivity (Wildman–Crippen MR) is 106 cm³/mol. The Bertz CT molecular complexity index is 757. The maximum absolute atomic E-state index is 14.4. The Balaban J connectivity index is 2.31. The topological polar surface area (TPSA) is 25.4 Å². The Morgan fingerprint density at radius 3 is 2.52 bits per heavy atom. The van der Waals surface area contributed by atoms with Gasteiger partial charge in [-0.05, 0) is 53.3 Å². The van der Waals surface area contributed by atoms with E-state index in [0.717, 1.165) is 12.0 Å². The molecule has 0 atom stereocenters. The van der Waals surface area contributed by atoms with Gasteiger partial charge in [-0.1, -0.05) is 0 Å². The van der Waals surface area contributed by atoms with Gasteiger partial charge < -0.3 is 9.64 Å². The minimum absolute atomic E-state index is 0.0122. The smallest absolute Gasteiger partial charge is 0.360 e. The number of allylic oxidation sites excluding steroid dienone is 2. The second-order valence-corrected chi connectivity index (χ2v) is 12.7. The van der Waals surface area contributed by atoms with Crippen molar-refractivity contribution >= 4 is 31.7 Å². The van der Waals surface area contributed by atoms with E-state index in [2.05, 4.69) is 39.7 Å². The molecule has 0 aromatic carbocycles. The molecular formula is C18H23BrF4N2OS. The van der Waals surface area contributed by atoms with E-state index < -0.39 is 27.6 Å². The second kappa shape index (κ2) is 8.53. The van der Waals surface area contributed by atoms with E-state index in [-0.39, 0.29) is 18.8 Å². The Morgan fingerprint density at radius 2 is 1.96 bits per heavy atom. The third-order valence-corrected chi connectivity index (χ3v) is 5.75. The number of alkyl halides is 3. The molecule has 1 aliphatic rings. The molecule has 0 N–H and O–H groups in total. The van der Waals surface area contributed by atoms with Gasteiger partial charge in [-0.3, -0.25) is 4.98 Å². The number of nitrogens with zero attached hydrogens (tertiary/aromatic N) is 2. The largest absolute Gasteiger partial charge is 0.414 e. The molecule has 2 heterocycles. The van der Waals surface area contributed by atoms with Crippen LogP contribution < -0.4 is 0 Å². The average molecular weight is 471 g/mol. The lowest BCUT2D eigenvalue weighted by atomic mass is 9.99. The first kappa shape index (κ1) is 22.2. The Hall–Kier alpha value is -1.06. The van der Waals surface area contributed by atoms with Crippen LogP contribution in [0.15, 0.2) is 34.1 Å². The van der Waals surface area contributed by atoms with Crippen molar-refractivity contribution in [3.05, 3.63) is 45.6 Å². The highest BCUT2D eigenvalue weighted by Crippen LogP contribution is 2.39. The van der Waals surface area contributed by atoms with Gasteiger partial charge in [0.1, 0.15) is 12.4 Å². The zero-order valence-electron chi connectivity index (χ0n) is 15.7. The summed E-state index contributed by atoms with van der Waals surface area (Å²) < 4.78 is 60.2. The summed E-state index contributed by atoms with van der Waals surface area (Å²) in [4.78, 5) is 5.38. The van der Waals surface area contributed by atoms with Crippen LogP contribution in [0.5, 0.6) is 0 Å². The number of aromatic nitrogens is 1. The van der Waals surface area contributed by atoms with E-state index in [9.17, 15) is 17.6 Å². The first-order chi connectivity index (χ1) is 12.4. The van der Waals surface area contributed by atoms with E-state index in [1.807, 2.05) is 0 Å². The molecule has 0 saturated heterocycles. The van der Waals surface area contributed by atoms with Gasteiger partial charge in [0.15, 0.2) is 5.82 Å². The van der Waals surface area contributed by atoms with Gasteiger partial charge in [0.05, 0.1) is 17.9 Å². The number of hydrogen-bond donors (Lipinski definition) is 0. The van der Waals surface area contributed by atoms with Crippen LogP contribution in [0.4, 0.5) is 17.6 Å². The maximum atomic E-state index is 14.4. The number of rotatable bonds is 6. The fourth-order valence-electron chi connectivity index (χ4n) is 2.59. The molecule has 0 unspecified atom stereocenters. The summed E-state index contributed by atoms with van der Waals surface area (Å²) in [6.45, 7) is 1.88. The molecule has 2 rings (SSSR count). The van der Waals surface area contributed by atoms with Crippen molar-refractivity contribution in [1.29, 1.82) is 0 Å². The van der Waals surface area contributed by atoms with E-state index in [0.29, 0.717) is 22.3 Å². The van der Waals surface area contributed by atoms with Crippen molar-refractivity contribution in [3.8, 4) is 0 Å². The molecule has 3 nitrogen and oxygen atoms in total. The zero-order valence-corrected chi connectivity index (χ0v) is 18.1. The van der Waals surface area contributed by atoms with Gasteiger partial charge in [-0.2, -0.15) is 13.2 Å². The van der Waals surface area contributed by atoms with E-state index in [1.165, 1.54) is 17.2 Å². The van der Waals surface area contributed by atoms with E-state index in [4.69, 9.17) is 4.74 Å². The van der Waals surface area contributed by atoms with Crippen molar-refractivity contribution in [2.45, 2.75) is 19.5 Å². The fourth-order valence-corrected chi connectivity index (χ4v) is 3.51. The molecule has 0 saturated carbocycles. The van der Waals surface area contributed by atoms with Gasteiger partial charge in [-0.25, -0.2) is 14.4 Å². The predicted octanol–water partition coefficient (Wildman–Crippen LogP) is 5.53. The van der Waals surface area contributed by atoms with Crippen molar-refractivity contribution in [1.82, 2.24) is 9.88 Å². The summed E-state index contributed by atoms with van der Waals surface area (Å²) in [7, 11) is -0.778. The van der Waals surface area contributed by atoms with Crippen LogP contribution in [0.2, 0.25) is 0 Å². The minimum Gasteiger partial charge on any atom is -0.360 e. The molecule has 9 heteroatoms. The van der Waals surface area contributed by atoms with Crippen molar-refractivity contribution in [2.75, 3.05) is 37.9 Å². The second-order valence-electron chi connectivity index (χ2n) is 7.24. The highest BCUT2D eigenvalue weighted by atomic mass is 79.9. The molecule has 152 valence electrons. The molecule has 1 aliphatic heterocycles. The Morgan fingerprint density at radius 1 is 1.30 bits per heavy atom. The third-order valence-electron chi connectivity index (χ3n) is 3.93. The fraction of sp³-hybridized carbons (Fsp3) is 0.500. The van der Waals surface area contributed by atoms with Crippen LogP contribution in [0.25, 0.3) is 5.70 Å². The van der Waals surface area contributed by atoms with Crippen LogP contribution >= 0.6 is 26.0 Å². The summed E-state index contributed by atoms with van der Waals surface area (Å²) >= 11 is 3.14. The molecule has 0 radical (unpaired) electrons. The summed E-state index contributed by atoms with van der Waals surface area (Å²) in [5, 5.41) is 0. The van der Waals surface area contributed by atoms with Crippen molar-refractivity contribution in [2.24, 2.45) is 0 Å². The van der Waals surface area contributed by atoms with Gasteiger partial charge in [0.25, 0.3) is 0 Å². The molecule has 0 amide bonds. The van der Waals surface area contributed by atoms with E-state index in [1.54, 1.807) is 6.92 Å². The molecule has 0 bridgehead atoms. The van der Waals surface area contributed by atoms with Crippen LogP contribution in [0.1, 0.15) is 19.0 Å². The lowest BCUT2D eigenvalue weighted by Crippen LogP contribution is -2.29. The van der Waals surface area contributed by atoms with Crippen molar-refractivity contribution in [3.63, 3.8) is 0 Å². The van der Waals surface area contributed by atoms with Crippen LogP contribution in [-0.2, 0) is 4.74 Å². The Labute approximate surface area is 166 Å². The number of ether oxygens (including phenoxy) is 1. The summed E-state index contributed by atoms with van der Waals surface area (Å²) in [6.07, 6.45) is 4.06. The molecule has 0 spiro atoms. The highest BCUT2D eigenvalue weighted by molar-refractivity contribution is 9.10. The summed E-state index contributed by atoms with van der Waals surface area (Å²) in [5.74, 6) is 0.228. The number of halogens is 5. The molecule has 0 fully saturated rings. The Kier molecular flexibility index (Phi) is 7.02. The lowest BCUT2D eigenvalue weighted by molar-refractivity contribution is -0.0948. The van der Waals surface area contributed by atoms with Gasteiger partial charge >= 0.3 is 6.18 Å². The van der Waals surface area contributed by atoms with Crippen LogP contribution in [-0.4, -0.2) is 53.9 Å². The monoisotopic (exact) mass is 470 g/mol. The minimum atomic E-state index is -4.45. The van der Waals surface area contributed by atoms with Crippen LogP contribution in [0, 0.1) is 5.82 Å². The number of pyridine rings is 1. The first-order valence-electron chi connectivity index (χ1n) is 8.18. The summed E-state index contributed by atoms with van der Waals surface area (Å²) in [6, 6.07) is 1.24. The molecule has 1 aromatic heterocycles. The standard InChI is InChI=1S/C18H23BrF4N2OS/c1-12-7-13(18(21,22)23)10-25(11-26-5-6-27(2,3)4)17(12)16-15(20)8-14(19)9-24-16/h8-10H,5-7,11H2,1-4H3. The molecule has 0 aliphatic carbocycles. The van der Waals surface area contributed by atoms with Gasteiger partial charge in [0, 0.05) is 29.0 Å². The molecule has 1 aromatic rings. The zero-order chi connectivity index (χ0) is 20.4. The highest BCUT2D eigenvalue weighted by Gasteiger charge is 2.37. The van der Waals surface area contributed by atoms with Gasteiger partial charge in [-0.15, -0.1) is 0 Å². The quantitative estimate of drug-likeness (QED) is 0.403. The van der Waals surface area contributed by atoms with E-state index >= 15 is 0 Å². The third kappa shape index (κ3) is 6.22. The first-order valence-corrected chi connectivity index (χ1v) is 12.0. The summed E-state index contributed by atoms with van der Waals surface area (Å²) in [5.41, 5.74) is 0.0317. The average Bonchev–Trinajstić information content (AvgIpc) is 2.50. The van der Waals surface area contributed by atoms with Crippen LogP contribution in [0.3, 0.4) is 0 Å². The van der Waals surface area contributed by atoms with Crippen molar-refractivity contribution < 1.29 is 22.3 Å². The normalized spacial score (nSPS) is 16.6. The van der Waals surface area contributed by atoms with Gasteiger partial charge in [0.2, 0.25) is 0 Å². The molecular weight excluding hydrogens is 448 g/mol. The maximum Gasteiger partial charge on any atom is 0.414 e. The molecule has 27 heavy (non-hydrogen) atoms.